The lowest BCUT2D eigenvalue weighted by atomic mass is 10.3. The molecule has 4 N–H and O–H groups in total. The maximum atomic E-state index is 11.4. The minimum Gasteiger partial charge on any atom is -0.493 e. The molecule has 1 saturated carbocycles. The second-order valence-corrected chi connectivity index (χ2v) is 7.03. The van der Waals surface area contributed by atoms with Gasteiger partial charge < -0.3 is 15.4 Å². The molecule has 0 aliphatic heterocycles. The highest BCUT2D eigenvalue weighted by atomic mass is 16.3. The maximum Gasteiger partial charge on any atom is 0.326 e. The van der Waals surface area contributed by atoms with Gasteiger partial charge >= 0.3 is 5.69 Å². The third kappa shape index (κ3) is 3.77. The van der Waals surface area contributed by atoms with Gasteiger partial charge in [0.15, 0.2) is 5.65 Å². The van der Waals surface area contributed by atoms with Gasteiger partial charge in [-0.2, -0.15) is 19.6 Å². The summed E-state index contributed by atoms with van der Waals surface area (Å²) in [5.41, 5.74) is 1.71. The number of hydrogen-bond acceptors (Lipinski definition) is 8. The van der Waals surface area contributed by atoms with Crippen LogP contribution in [0, 0.1) is 0 Å². The van der Waals surface area contributed by atoms with Gasteiger partial charge in [-0.05, 0) is 31.1 Å². The average molecular weight is 405 g/mol. The number of hydrogen-bond donors (Lipinski definition) is 4. The molecule has 0 aromatic carbocycles. The predicted molar refractivity (Wildman–Crippen MR) is 108 cm³/mol. The Morgan fingerprint density at radius 3 is 2.93 bits per heavy atom. The first-order valence-corrected chi connectivity index (χ1v) is 9.62. The number of nitrogens with one attached hydrogen (secondary N) is 3. The lowest BCUT2D eigenvalue weighted by molar-refractivity contribution is 0.454. The van der Waals surface area contributed by atoms with Crippen molar-refractivity contribution in [1.82, 2.24) is 34.5 Å². The average Bonchev–Trinajstić information content (AvgIpc) is 3.37. The number of aromatic hydroxyl groups is 1. The number of aromatic amines is 2. The number of H-pyrrole nitrogens is 2. The minimum absolute atomic E-state index is 0.245. The van der Waals surface area contributed by atoms with Crippen molar-refractivity contribution < 1.29 is 5.11 Å². The van der Waals surface area contributed by atoms with Crippen molar-refractivity contribution >= 4 is 17.7 Å². The van der Waals surface area contributed by atoms with Gasteiger partial charge in [-0.15, -0.1) is 0 Å². The largest absolute Gasteiger partial charge is 0.493 e. The molecule has 11 nitrogen and oxygen atoms in total. The van der Waals surface area contributed by atoms with Gasteiger partial charge in [0.05, 0.1) is 12.2 Å². The number of nitrogens with zero attached hydrogens (tertiary/aromatic N) is 6. The third-order valence-electron chi connectivity index (χ3n) is 4.65. The molecule has 0 radical (unpaired) electrons. The van der Waals surface area contributed by atoms with Gasteiger partial charge in [0.1, 0.15) is 5.69 Å². The van der Waals surface area contributed by atoms with E-state index in [1.54, 1.807) is 23.0 Å². The van der Waals surface area contributed by atoms with Gasteiger partial charge in [-0.1, -0.05) is 6.07 Å². The molecular weight excluding hydrogens is 386 g/mol. The quantitative estimate of drug-likeness (QED) is 0.338. The Hall–Kier alpha value is -4.02. The Bertz CT molecular complexity index is 1370. The molecular formula is C19H19N9O2. The van der Waals surface area contributed by atoms with Gasteiger partial charge in [-0.25, -0.2) is 9.79 Å². The summed E-state index contributed by atoms with van der Waals surface area (Å²) >= 11 is 0. The molecule has 0 atom stereocenters. The van der Waals surface area contributed by atoms with Crippen LogP contribution in [0.1, 0.15) is 24.2 Å². The summed E-state index contributed by atoms with van der Waals surface area (Å²) in [7, 11) is 0. The van der Waals surface area contributed by atoms with Crippen LogP contribution in [-0.2, 0) is 6.42 Å². The normalized spacial score (nSPS) is 15.2. The number of anilines is 1. The number of rotatable bonds is 6. The van der Waals surface area contributed by atoms with Crippen LogP contribution in [0.4, 0.5) is 5.95 Å². The van der Waals surface area contributed by atoms with Crippen molar-refractivity contribution in [2.45, 2.75) is 25.3 Å². The highest BCUT2D eigenvalue weighted by Crippen LogP contribution is 2.22. The number of pyridine rings is 1. The molecule has 1 fully saturated rings. The molecule has 0 spiro atoms. The predicted octanol–water partition coefficient (Wildman–Crippen LogP) is -0.493. The molecule has 4 aromatic rings. The Balaban J connectivity index is 1.53. The molecule has 0 saturated heterocycles. The van der Waals surface area contributed by atoms with Crippen LogP contribution in [0.2, 0.25) is 0 Å². The standard InChI is InChI=1S/C19H19N9O2/c29-16-14(24-19(30)26-16)9-11-10-22-28-15(11)25-17(27-18(28)23-13-4-5-13)21-8-6-12-3-1-2-7-20-12/h1-3,7,9-10,13,29H,4-6,8H2,(H,21,23,27)(H2,24,26,30). The number of fused-ring (bicyclic) bond motifs is 1. The maximum absolute atomic E-state index is 11.4. The zero-order chi connectivity index (χ0) is 20.5. The van der Waals surface area contributed by atoms with Crippen LogP contribution in [0.3, 0.4) is 0 Å². The van der Waals surface area contributed by atoms with Gasteiger partial charge in [-0.3, -0.25) is 9.97 Å². The Kier molecular flexibility index (Phi) is 4.46. The SMILES string of the molecule is O=c1[nH]c(O)c(C=c2cnn3c(=NC4CC4)nc(NCCc4ccccn4)nc23)[nH]1. The fourth-order valence-corrected chi connectivity index (χ4v) is 3.01. The van der Waals surface area contributed by atoms with Crippen molar-refractivity contribution in [3.8, 4) is 5.88 Å². The van der Waals surface area contributed by atoms with E-state index in [-0.39, 0.29) is 17.6 Å². The molecule has 0 unspecified atom stereocenters. The van der Waals surface area contributed by atoms with E-state index < -0.39 is 5.69 Å². The Morgan fingerprint density at radius 1 is 1.30 bits per heavy atom. The zero-order valence-corrected chi connectivity index (χ0v) is 15.9. The van der Waals surface area contributed by atoms with E-state index in [2.05, 4.69) is 40.3 Å². The first-order valence-electron chi connectivity index (χ1n) is 9.62. The molecule has 4 heterocycles. The number of imidazole rings is 1. The second kappa shape index (κ2) is 7.43. The summed E-state index contributed by atoms with van der Waals surface area (Å²) in [5, 5.41) is 18.0. The third-order valence-corrected chi connectivity index (χ3v) is 4.65. The molecule has 5 rings (SSSR count). The summed E-state index contributed by atoms with van der Waals surface area (Å²) in [6.45, 7) is 0.606. The van der Waals surface area contributed by atoms with Gasteiger partial charge in [0, 0.05) is 30.1 Å². The molecule has 4 aromatic heterocycles. The van der Waals surface area contributed by atoms with E-state index in [4.69, 9.17) is 0 Å². The van der Waals surface area contributed by atoms with Crippen molar-refractivity contribution in [1.29, 1.82) is 0 Å². The van der Waals surface area contributed by atoms with Gasteiger partial charge in [0.2, 0.25) is 11.8 Å². The number of aromatic nitrogens is 7. The monoisotopic (exact) mass is 405 g/mol. The van der Waals surface area contributed by atoms with E-state index in [0.29, 0.717) is 29.0 Å². The summed E-state index contributed by atoms with van der Waals surface area (Å²) in [6, 6.07) is 6.05. The first kappa shape index (κ1) is 18.0. The zero-order valence-electron chi connectivity index (χ0n) is 15.9. The molecule has 30 heavy (non-hydrogen) atoms. The van der Waals surface area contributed by atoms with E-state index >= 15 is 0 Å². The lowest BCUT2D eigenvalue weighted by Gasteiger charge is -2.05. The van der Waals surface area contributed by atoms with Crippen LogP contribution in [0.25, 0.3) is 11.7 Å². The fourth-order valence-electron chi connectivity index (χ4n) is 3.01. The molecule has 0 amide bonds. The summed E-state index contributed by atoms with van der Waals surface area (Å²) < 4.78 is 1.57. The first-order chi connectivity index (χ1) is 14.7. The van der Waals surface area contributed by atoms with E-state index in [1.165, 1.54) is 0 Å². The van der Waals surface area contributed by atoms with E-state index in [9.17, 15) is 9.90 Å². The topological polar surface area (TPSA) is 149 Å². The Morgan fingerprint density at radius 2 is 2.20 bits per heavy atom. The summed E-state index contributed by atoms with van der Waals surface area (Å²) in [4.78, 5) is 34.3. The van der Waals surface area contributed by atoms with Crippen LogP contribution >= 0.6 is 0 Å². The van der Waals surface area contributed by atoms with E-state index in [1.807, 2.05) is 18.2 Å². The fraction of sp³-hybridized carbons (Fsp3) is 0.263. The van der Waals surface area contributed by atoms with E-state index in [0.717, 1.165) is 25.0 Å². The van der Waals surface area contributed by atoms with Crippen molar-refractivity contribution in [2.75, 3.05) is 11.9 Å². The van der Waals surface area contributed by atoms with Crippen molar-refractivity contribution in [3.05, 3.63) is 63.3 Å². The smallest absolute Gasteiger partial charge is 0.326 e. The molecule has 1 aliphatic rings. The highest BCUT2D eigenvalue weighted by molar-refractivity contribution is 5.57. The second-order valence-electron chi connectivity index (χ2n) is 7.03. The molecule has 11 heteroatoms. The van der Waals surface area contributed by atoms with Crippen LogP contribution in [0.15, 0.2) is 40.4 Å². The molecule has 152 valence electrons. The van der Waals surface area contributed by atoms with Crippen molar-refractivity contribution in [3.63, 3.8) is 0 Å². The summed E-state index contributed by atoms with van der Waals surface area (Å²) in [6.07, 6.45) is 7.75. The molecule has 1 aliphatic carbocycles. The van der Waals surface area contributed by atoms with Crippen LogP contribution in [-0.4, -0.2) is 52.2 Å². The Labute approximate surface area is 169 Å². The molecule has 0 bridgehead atoms. The lowest BCUT2D eigenvalue weighted by Crippen LogP contribution is -2.25. The van der Waals surface area contributed by atoms with Crippen LogP contribution < -0.4 is 21.8 Å². The minimum atomic E-state index is -0.494. The van der Waals surface area contributed by atoms with Crippen molar-refractivity contribution in [2.24, 2.45) is 4.99 Å². The highest BCUT2D eigenvalue weighted by Gasteiger charge is 2.21. The van der Waals surface area contributed by atoms with Crippen LogP contribution in [0.5, 0.6) is 5.88 Å². The summed E-state index contributed by atoms with van der Waals surface area (Å²) in [5.74, 6) is 0.185. The van der Waals surface area contributed by atoms with Gasteiger partial charge in [0.25, 0.3) is 5.62 Å².